The maximum absolute atomic E-state index is 10.6. The van der Waals surface area contributed by atoms with Crippen molar-refractivity contribution in [1.82, 2.24) is 0 Å². The highest BCUT2D eigenvalue weighted by Crippen LogP contribution is 2.40. The number of hydrogen-bond donors (Lipinski definition) is 6. The summed E-state index contributed by atoms with van der Waals surface area (Å²) < 4.78 is 0. The summed E-state index contributed by atoms with van der Waals surface area (Å²) in [6.45, 7) is 11.1. The number of fused-ring (bicyclic) bond motifs is 6. The Kier molecular flexibility index (Phi) is 25.5. The van der Waals surface area contributed by atoms with Gasteiger partial charge in [0, 0.05) is 91.2 Å². The standard InChI is InChI=1S/C14H11NO.2C14H14O.C13H11ClO.C13H11NO3.C13H12O/c1-3-4-14(16)13-7-5-10-9-11(15-2)6-8-12(10)13;2*1-3-4-14(15)13-8-6-11-9-10(2)5-7-12(11)13;1-2-3-13(15)12-6-4-9-8-10(14)5-7-11(9)12;1-2-3-13(15)12-6-4-9-8-10(14(16)17)5-7-11(9)12;1-2-5-13(14)12-9-8-10-6-3-4-7-11(10)12/h1,5-9,13-14,16H,4H2;2*1,5-9,13-15H,4H2,2H3;1,4-8,12-13,15H,3H2;1,4-8,12-13,15H,3H2;1,3-4,6-9,12-14H,5H2. The van der Waals surface area contributed by atoms with Crippen molar-refractivity contribution in [1.29, 1.82) is 0 Å². The molecule has 0 bridgehead atoms. The van der Waals surface area contributed by atoms with Gasteiger partial charge in [0.25, 0.3) is 5.69 Å². The Labute approximate surface area is 546 Å². The van der Waals surface area contributed by atoms with Crippen LogP contribution in [0.3, 0.4) is 0 Å². The molecule has 6 aliphatic carbocycles. The van der Waals surface area contributed by atoms with Gasteiger partial charge in [-0.25, -0.2) is 4.85 Å². The van der Waals surface area contributed by atoms with Crippen molar-refractivity contribution in [3.8, 4) is 74.1 Å². The van der Waals surface area contributed by atoms with Crippen LogP contribution in [0.15, 0.2) is 152 Å². The zero-order chi connectivity index (χ0) is 66.4. The summed E-state index contributed by atoms with van der Waals surface area (Å²) in [7, 11) is 0. The van der Waals surface area contributed by atoms with Crippen molar-refractivity contribution < 1.29 is 35.6 Å². The van der Waals surface area contributed by atoms with Gasteiger partial charge in [0.2, 0.25) is 0 Å². The maximum Gasteiger partial charge on any atom is 0.270 e. The van der Waals surface area contributed by atoms with Crippen LogP contribution < -0.4 is 0 Å². The first-order valence-electron chi connectivity index (χ1n) is 30.1. The Hall–Kier alpha value is -9.94. The Morgan fingerprint density at radius 1 is 0.424 bits per heavy atom. The number of benzene rings is 6. The van der Waals surface area contributed by atoms with Crippen LogP contribution in [0.4, 0.5) is 11.4 Å². The van der Waals surface area contributed by atoms with Gasteiger partial charge >= 0.3 is 0 Å². The number of halogens is 1. The van der Waals surface area contributed by atoms with E-state index in [4.69, 9.17) is 56.7 Å². The van der Waals surface area contributed by atoms with Crippen molar-refractivity contribution in [2.75, 3.05) is 0 Å². The number of nitro benzene ring substituents is 1. The molecule has 0 amide bonds. The van der Waals surface area contributed by atoms with Crippen molar-refractivity contribution in [2.24, 2.45) is 0 Å². The highest BCUT2D eigenvalue weighted by molar-refractivity contribution is 6.30. The number of aliphatic hydroxyl groups is 6. The van der Waals surface area contributed by atoms with Gasteiger partial charge in [-0.2, -0.15) is 0 Å². The first-order chi connectivity index (χ1) is 44.4. The molecular formula is C81H73ClN2O8. The first-order valence-corrected chi connectivity index (χ1v) is 30.4. The molecule has 0 spiro atoms. The van der Waals surface area contributed by atoms with E-state index in [1.807, 2.05) is 103 Å². The minimum absolute atomic E-state index is 0.00770. The number of non-ortho nitro benzene ring substituents is 1. The average Bonchev–Trinajstić information content (AvgIpc) is 1.99. The lowest BCUT2D eigenvalue weighted by Gasteiger charge is -2.16. The zero-order valence-electron chi connectivity index (χ0n) is 51.3. The highest BCUT2D eigenvalue weighted by Gasteiger charge is 2.29. The van der Waals surface area contributed by atoms with E-state index in [1.54, 1.807) is 18.2 Å². The molecule has 0 aromatic heterocycles. The molecule has 0 radical (unpaired) electrons. The number of rotatable bonds is 13. The van der Waals surface area contributed by atoms with Gasteiger partial charge in [0.1, 0.15) is 0 Å². The lowest BCUT2D eigenvalue weighted by molar-refractivity contribution is -0.384. The molecule has 0 aliphatic heterocycles. The summed E-state index contributed by atoms with van der Waals surface area (Å²) in [6, 6.07) is 36.5. The second-order valence-corrected chi connectivity index (χ2v) is 23.3. The fourth-order valence-electron chi connectivity index (χ4n) is 11.8. The van der Waals surface area contributed by atoms with Crippen molar-refractivity contribution >= 4 is 59.4 Å². The third-order valence-corrected chi connectivity index (χ3v) is 16.7. The van der Waals surface area contributed by atoms with E-state index in [2.05, 4.69) is 109 Å². The Morgan fingerprint density at radius 2 is 0.717 bits per heavy atom. The predicted octanol–water partition coefficient (Wildman–Crippen LogP) is 14.8. The predicted molar refractivity (Wildman–Crippen MR) is 373 cm³/mol. The van der Waals surface area contributed by atoms with Gasteiger partial charge in [0.05, 0.1) is 48.1 Å². The fraction of sp³-hybridized carbons (Fsp3) is 0.247. The summed E-state index contributed by atoms with van der Waals surface area (Å²) in [4.78, 5) is 13.6. The molecule has 11 heteroatoms. The third kappa shape index (κ3) is 17.7. The van der Waals surface area contributed by atoms with E-state index >= 15 is 0 Å². The van der Waals surface area contributed by atoms with Crippen molar-refractivity contribution in [3.05, 3.63) is 256 Å². The van der Waals surface area contributed by atoms with Crippen LogP contribution in [0.25, 0.3) is 41.3 Å². The Balaban J connectivity index is 0.000000157. The second-order valence-electron chi connectivity index (χ2n) is 22.8. The molecule has 12 rings (SSSR count). The van der Waals surface area contributed by atoms with Crippen LogP contribution in [-0.4, -0.2) is 72.2 Å². The largest absolute Gasteiger partial charge is 0.391 e. The Bertz CT molecular complexity index is 3930. The van der Waals surface area contributed by atoms with E-state index in [1.165, 1.54) is 56.6 Å². The van der Waals surface area contributed by atoms with Crippen molar-refractivity contribution in [2.45, 2.75) is 125 Å². The number of nitro groups is 1. The molecule has 10 nitrogen and oxygen atoms in total. The number of terminal acetylenes is 6. The highest BCUT2D eigenvalue weighted by atomic mass is 35.5. The smallest absolute Gasteiger partial charge is 0.270 e. The molecule has 462 valence electrons. The average molecular weight is 1240 g/mol. The van der Waals surface area contributed by atoms with E-state index in [9.17, 15) is 40.8 Å². The molecule has 6 aromatic carbocycles. The quantitative estimate of drug-likeness (QED) is 0.0287. The molecule has 92 heavy (non-hydrogen) atoms. The summed E-state index contributed by atoms with van der Waals surface area (Å²) in [5, 5.41) is 70.4. The minimum Gasteiger partial charge on any atom is -0.391 e. The van der Waals surface area contributed by atoms with E-state index in [0.717, 1.165) is 33.4 Å². The lowest BCUT2D eigenvalue weighted by atomic mass is 9.93. The molecule has 0 saturated heterocycles. The van der Waals surface area contributed by atoms with Gasteiger partial charge < -0.3 is 30.6 Å². The molecule has 6 N–H and O–H groups in total. The van der Waals surface area contributed by atoms with Crippen LogP contribution in [0, 0.1) is 105 Å². The number of hydrogen-bond acceptors (Lipinski definition) is 8. The normalized spacial score (nSPS) is 19.3. The van der Waals surface area contributed by atoms with Crippen LogP contribution in [0.1, 0.15) is 152 Å². The van der Waals surface area contributed by atoms with Gasteiger partial charge in [-0.3, -0.25) is 10.1 Å². The van der Waals surface area contributed by atoms with Crippen molar-refractivity contribution in [3.63, 3.8) is 0 Å². The molecular weight excluding hydrogens is 1160 g/mol. The number of aryl methyl sites for hydroxylation is 2. The monoisotopic (exact) mass is 1240 g/mol. The molecule has 12 unspecified atom stereocenters. The number of nitrogens with zero attached hydrogens (tertiary/aromatic N) is 2. The third-order valence-electron chi connectivity index (χ3n) is 16.5. The van der Waals surface area contributed by atoms with Gasteiger partial charge in [-0.1, -0.05) is 181 Å². The topological polar surface area (TPSA) is 169 Å². The SMILES string of the molecule is C#CCC(O)C1C=Cc2cc(C)ccc21.C#CCC(O)C1C=Cc2cc(C)ccc21.C#CCC(O)C1C=Cc2cc(Cl)ccc21.C#CCC(O)C1C=Cc2cc([N+](=O)[O-])ccc21.C#CCC(O)C1C=Cc2ccccc21.[C-]#[N+]c1ccc2c(c1)C=CC2C(O)CC#C. The molecule has 0 heterocycles. The lowest BCUT2D eigenvalue weighted by Crippen LogP contribution is -2.14. The van der Waals surface area contributed by atoms with Crippen LogP contribution >= 0.6 is 11.6 Å². The molecule has 12 atom stereocenters. The zero-order valence-corrected chi connectivity index (χ0v) is 52.1. The number of aliphatic hydroxyl groups excluding tert-OH is 6. The van der Waals surface area contributed by atoms with Gasteiger partial charge in [-0.05, 0) is 98.8 Å². The Morgan fingerprint density at radius 3 is 1.08 bits per heavy atom. The minimum atomic E-state index is -0.640. The van der Waals surface area contributed by atoms with Crippen LogP contribution in [0.5, 0.6) is 0 Å². The summed E-state index contributed by atoms with van der Waals surface area (Å²) >= 11 is 5.88. The summed E-state index contributed by atoms with van der Waals surface area (Å²) in [5.74, 6) is 14.9. The maximum atomic E-state index is 10.6. The van der Waals surface area contributed by atoms with Gasteiger partial charge in [-0.15, -0.1) is 74.1 Å². The summed E-state index contributed by atoms with van der Waals surface area (Å²) in [6.07, 6.45) is 54.0. The van der Waals surface area contributed by atoms with E-state index < -0.39 is 41.5 Å². The second kappa shape index (κ2) is 33.8. The first kappa shape index (κ1) is 69.5. The molecule has 0 saturated carbocycles. The molecule has 6 aromatic rings. The summed E-state index contributed by atoms with van der Waals surface area (Å²) in [5.41, 5.74) is 16.2. The van der Waals surface area contributed by atoms with Crippen LogP contribution in [-0.2, 0) is 0 Å². The molecule has 6 aliphatic rings. The fourth-order valence-corrected chi connectivity index (χ4v) is 12.0. The van der Waals surface area contributed by atoms with E-state index in [-0.39, 0.29) is 47.6 Å². The van der Waals surface area contributed by atoms with Crippen LogP contribution in [0.2, 0.25) is 5.02 Å². The van der Waals surface area contributed by atoms with Gasteiger partial charge in [0.15, 0.2) is 5.69 Å². The van der Waals surface area contributed by atoms with E-state index in [0.29, 0.717) is 42.8 Å². The molecule has 0 fully saturated rings.